The van der Waals surface area contributed by atoms with E-state index in [1.807, 2.05) is 24.3 Å². The highest BCUT2D eigenvalue weighted by Gasteiger charge is 2.39. The van der Waals surface area contributed by atoms with E-state index in [-0.39, 0.29) is 0 Å². The fourth-order valence-electron chi connectivity index (χ4n) is 3.48. The van der Waals surface area contributed by atoms with E-state index in [2.05, 4.69) is 21.8 Å². The predicted molar refractivity (Wildman–Crippen MR) is 102 cm³/mol. The third-order valence-electron chi connectivity index (χ3n) is 4.93. The van der Waals surface area contributed by atoms with Crippen LogP contribution in [0.4, 0.5) is 24.7 Å². The number of hydrogen-bond acceptors (Lipinski definition) is 5. The van der Waals surface area contributed by atoms with Gasteiger partial charge in [-0.15, -0.1) is 0 Å². The highest BCUT2D eigenvalue weighted by molar-refractivity contribution is 8.00. The summed E-state index contributed by atoms with van der Waals surface area (Å²) in [7, 11) is 2.10. The number of piperazine rings is 1. The van der Waals surface area contributed by atoms with E-state index in [9.17, 15) is 13.2 Å². The van der Waals surface area contributed by atoms with Gasteiger partial charge in [0, 0.05) is 42.8 Å². The summed E-state index contributed by atoms with van der Waals surface area (Å²) in [4.78, 5) is 11.3. The first-order valence-corrected chi connectivity index (χ1v) is 9.77. The van der Waals surface area contributed by atoms with Gasteiger partial charge in [0.05, 0.1) is 5.69 Å². The van der Waals surface area contributed by atoms with Crippen molar-refractivity contribution in [3.05, 3.63) is 48.2 Å². The Morgan fingerprint density at radius 3 is 2.48 bits per heavy atom. The maximum atomic E-state index is 13.2. The monoisotopic (exact) mass is 394 g/mol. The fraction of sp³-hybridized carbons (Fsp3) is 0.421. The lowest BCUT2D eigenvalue weighted by molar-refractivity contribution is -0.120. The van der Waals surface area contributed by atoms with Gasteiger partial charge in [-0.05, 0) is 25.2 Å². The average Bonchev–Trinajstić information content (AvgIpc) is 3.00. The molecule has 2 aromatic rings. The summed E-state index contributed by atoms with van der Waals surface area (Å²) >= 11 is 1.45. The van der Waals surface area contributed by atoms with Crippen molar-refractivity contribution in [3.8, 4) is 0 Å². The first kappa shape index (κ1) is 18.4. The molecule has 8 heteroatoms. The van der Waals surface area contributed by atoms with Gasteiger partial charge < -0.3 is 14.7 Å². The third-order valence-corrected chi connectivity index (χ3v) is 6.28. The van der Waals surface area contributed by atoms with Gasteiger partial charge in [-0.25, -0.2) is 4.98 Å². The molecule has 144 valence electrons. The zero-order valence-electron chi connectivity index (χ0n) is 15.0. The Labute approximate surface area is 161 Å². The Balaban J connectivity index is 1.56. The van der Waals surface area contributed by atoms with Crippen LogP contribution in [0.15, 0.2) is 47.5 Å². The highest BCUT2D eigenvalue weighted by atomic mass is 32.2. The number of pyridine rings is 1. The lowest BCUT2D eigenvalue weighted by Gasteiger charge is -2.33. The van der Waals surface area contributed by atoms with Crippen molar-refractivity contribution in [2.45, 2.75) is 16.4 Å². The molecule has 0 amide bonds. The van der Waals surface area contributed by atoms with Crippen LogP contribution in [0.3, 0.4) is 0 Å². The van der Waals surface area contributed by atoms with E-state index in [1.54, 1.807) is 18.3 Å². The second kappa shape index (κ2) is 7.24. The summed E-state index contributed by atoms with van der Waals surface area (Å²) in [6.07, 6.45) is -2.54. The van der Waals surface area contributed by atoms with Crippen LogP contribution in [0.2, 0.25) is 0 Å². The molecule has 0 bridgehead atoms. The van der Waals surface area contributed by atoms with Gasteiger partial charge in [-0.3, -0.25) is 0 Å². The number of benzene rings is 1. The molecular formula is C19H21F3N4S. The van der Waals surface area contributed by atoms with Crippen molar-refractivity contribution < 1.29 is 13.2 Å². The molecule has 2 aliphatic heterocycles. The standard InChI is InChI=1S/C19H21F3N4S/c1-24-8-10-25(11-9-24)17-7-6-14(12-23-17)18-26(13-19(20,21)22)15-4-2-3-5-16(15)27-18/h2-7,12,18H,8-11,13H2,1H3. The van der Waals surface area contributed by atoms with E-state index in [0.29, 0.717) is 5.69 Å². The normalized spacial score (nSPS) is 20.8. The van der Waals surface area contributed by atoms with Gasteiger partial charge in [0.1, 0.15) is 17.7 Å². The molecule has 2 aliphatic rings. The lowest BCUT2D eigenvalue weighted by atomic mass is 10.2. The Bertz CT molecular complexity index is 788. The summed E-state index contributed by atoms with van der Waals surface area (Å²) in [5.41, 5.74) is 1.42. The van der Waals surface area contributed by atoms with E-state index in [0.717, 1.165) is 42.5 Å². The van der Waals surface area contributed by atoms with Crippen LogP contribution in [0.5, 0.6) is 0 Å². The number of rotatable bonds is 3. The van der Waals surface area contributed by atoms with Crippen LogP contribution in [0, 0.1) is 0 Å². The number of likely N-dealkylation sites (N-methyl/N-ethyl adjacent to an activating group) is 1. The van der Waals surface area contributed by atoms with Gasteiger partial charge in [0.25, 0.3) is 0 Å². The molecule has 1 unspecified atom stereocenters. The summed E-state index contributed by atoms with van der Waals surface area (Å²) in [6.45, 7) is 2.81. The molecule has 27 heavy (non-hydrogen) atoms. The number of anilines is 2. The number of aromatic nitrogens is 1. The molecular weight excluding hydrogens is 373 g/mol. The van der Waals surface area contributed by atoms with Crippen LogP contribution < -0.4 is 9.80 Å². The first-order valence-electron chi connectivity index (χ1n) is 8.89. The van der Waals surface area contributed by atoms with Crippen molar-refractivity contribution in [2.75, 3.05) is 49.6 Å². The molecule has 4 nitrogen and oxygen atoms in total. The second-order valence-corrected chi connectivity index (χ2v) is 8.04. The van der Waals surface area contributed by atoms with Crippen molar-refractivity contribution in [1.29, 1.82) is 0 Å². The average molecular weight is 394 g/mol. The quantitative estimate of drug-likeness (QED) is 0.783. The van der Waals surface area contributed by atoms with Gasteiger partial charge in [-0.1, -0.05) is 30.0 Å². The SMILES string of the molecule is CN1CCN(c2ccc(C3Sc4ccccc4N3CC(F)(F)F)cn2)CC1. The van der Waals surface area contributed by atoms with Crippen LogP contribution in [0.25, 0.3) is 0 Å². The third kappa shape index (κ3) is 4.01. The van der Waals surface area contributed by atoms with Gasteiger partial charge in [0.2, 0.25) is 0 Å². The summed E-state index contributed by atoms with van der Waals surface area (Å²) in [5, 5.41) is -0.418. The molecule has 0 spiro atoms. The molecule has 3 heterocycles. The molecule has 1 aromatic heterocycles. The van der Waals surface area contributed by atoms with Crippen LogP contribution >= 0.6 is 11.8 Å². The van der Waals surface area contributed by atoms with Gasteiger partial charge in [-0.2, -0.15) is 13.2 Å². The summed E-state index contributed by atoms with van der Waals surface area (Å²) < 4.78 is 39.5. The van der Waals surface area contributed by atoms with Crippen molar-refractivity contribution in [3.63, 3.8) is 0 Å². The summed E-state index contributed by atoms with van der Waals surface area (Å²) in [6, 6.07) is 11.1. The lowest BCUT2D eigenvalue weighted by Crippen LogP contribution is -2.44. The highest BCUT2D eigenvalue weighted by Crippen LogP contribution is 2.51. The fourth-order valence-corrected chi connectivity index (χ4v) is 4.77. The van der Waals surface area contributed by atoms with E-state index in [4.69, 9.17) is 0 Å². The number of halogens is 3. The van der Waals surface area contributed by atoms with Crippen LogP contribution in [-0.2, 0) is 0 Å². The maximum Gasteiger partial charge on any atom is 0.405 e. The number of fused-ring (bicyclic) bond motifs is 1. The maximum absolute atomic E-state index is 13.2. The predicted octanol–water partition coefficient (Wildman–Crippen LogP) is 4.01. The molecule has 0 saturated carbocycles. The minimum absolute atomic E-state index is 0.418. The van der Waals surface area contributed by atoms with E-state index >= 15 is 0 Å². The van der Waals surface area contributed by atoms with Crippen molar-refractivity contribution in [1.82, 2.24) is 9.88 Å². The van der Waals surface area contributed by atoms with E-state index in [1.165, 1.54) is 16.7 Å². The number of alkyl halides is 3. The van der Waals surface area contributed by atoms with Crippen LogP contribution in [-0.4, -0.2) is 55.8 Å². The molecule has 1 fully saturated rings. The largest absolute Gasteiger partial charge is 0.405 e. The molecule has 0 radical (unpaired) electrons. The number of thioether (sulfide) groups is 1. The zero-order chi connectivity index (χ0) is 19.0. The molecule has 1 atom stereocenters. The molecule has 1 saturated heterocycles. The first-order chi connectivity index (χ1) is 12.9. The Kier molecular flexibility index (Phi) is 4.94. The Hall–Kier alpha value is -1.93. The van der Waals surface area contributed by atoms with Gasteiger partial charge in [0.15, 0.2) is 0 Å². The molecule has 4 rings (SSSR count). The zero-order valence-corrected chi connectivity index (χ0v) is 15.8. The minimum atomic E-state index is -4.26. The molecule has 1 aromatic carbocycles. The molecule has 0 aliphatic carbocycles. The number of para-hydroxylation sites is 1. The Morgan fingerprint density at radius 2 is 1.81 bits per heavy atom. The van der Waals surface area contributed by atoms with Crippen molar-refractivity contribution >= 4 is 23.3 Å². The Morgan fingerprint density at radius 1 is 1.07 bits per heavy atom. The number of hydrogen-bond donors (Lipinski definition) is 0. The van der Waals surface area contributed by atoms with Crippen LogP contribution in [0.1, 0.15) is 10.9 Å². The smallest absolute Gasteiger partial charge is 0.354 e. The second-order valence-electron chi connectivity index (χ2n) is 6.92. The topological polar surface area (TPSA) is 22.6 Å². The molecule has 0 N–H and O–H groups in total. The van der Waals surface area contributed by atoms with Gasteiger partial charge >= 0.3 is 6.18 Å². The summed E-state index contributed by atoms with van der Waals surface area (Å²) in [5.74, 6) is 0.884. The number of nitrogens with zero attached hydrogens (tertiary/aromatic N) is 4. The minimum Gasteiger partial charge on any atom is -0.354 e. The van der Waals surface area contributed by atoms with Crippen molar-refractivity contribution in [2.24, 2.45) is 0 Å². The van der Waals surface area contributed by atoms with E-state index < -0.39 is 18.1 Å².